The van der Waals surface area contributed by atoms with Crippen LogP contribution in [0.3, 0.4) is 0 Å². The molecule has 1 fully saturated rings. The number of halogens is 1. The maximum Gasteiger partial charge on any atom is 0.330 e. The van der Waals surface area contributed by atoms with Crippen molar-refractivity contribution in [1.82, 2.24) is 9.55 Å². The number of rotatable bonds is 6. The standard InChI is InChI=1S/C17H20FN2O6P/c1-17(18)14(22)12(10-24-27(2)26-11-6-4-3-5-7-11)25-15(17)20-9-8-13(21)19-16(20)23/h3-9,12,14-15,22,27H,2,10H2,1H3,(H,19,21,23)/t12?,14-,15?,17-/m1/s1. The van der Waals surface area contributed by atoms with Gasteiger partial charge >= 0.3 is 5.69 Å². The molecular formula is C17H20FN2O6P. The van der Waals surface area contributed by atoms with Crippen LogP contribution in [0, 0.1) is 0 Å². The summed E-state index contributed by atoms with van der Waals surface area (Å²) in [5.74, 6) is 0.585. The zero-order chi connectivity index (χ0) is 19.6. The van der Waals surface area contributed by atoms with Gasteiger partial charge in [0.15, 0.2) is 19.9 Å². The van der Waals surface area contributed by atoms with Crippen LogP contribution < -0.4 is 15.8 Å². The Morgan fingerprint density at radius 2 is 2.07 bits per heavy atom. The largest absolute Gasteiger partial charge is 0.455 e. The Bertz CT molecular complexity index is 929. The second-order valence-electron chi connectivity index (χ2n) is 6.24. The average molecular weight is 398 g/mol. The van der Waals surface area contributed by atoms with Crippen LogP contribution in [0.15, 0.2) is 52.2 Å². The molecule has 1 aliphatic rings. The third kappa shape index (κ3) is 4.22. The molecular weight excluding hydrogens is 378 g/mol. The van der Waals surface area contributed by atoms with Crippen LogP contribution in [0.4, 0.5) is 4.39 Å². The molecule has 0 bridgehead atoms. The number of hydrogen-bond acceptors (Lipinski definition) is 6. The molecule has 5 atom stereocenters. The molecule has 2 heterocycles. The lowest BCUT2D eigenvalue weighted by Crippen LogP contribution is -2.43. The topological polar surface area (TPSA) is 103 Å². The second-order valence-corrected chi connectivity index (χ2v) is 7.48. The molecule has 27 heavy (non-hydrogen) atoms. The van der Waals surface area contributed by atoms with Crippen molar-refractivity contribution in [3.05, 3.63) is 63.4 Å². The van der Waals surface area contributed by atoms with Crippen molar-refractivity contribution in [3.63, 3.8) is 0 Å². The summed E-state index contributed by atoms with van der Waals surface area (Å²) < 4.78 is 32.5. The molecule has 8 nitrogen and oxygen atoms in total. The van der Waals surface area contributed by atoms with Gasteiger partial charge < -0.3 is 18.9 Å². The Kier molecular flexibility index (Phi) is 5.67. The number of nitrogens with one attached hydrogen (secondary N) is 1. The number of aromatic amines is 1. The lowest BCUT2D eigenvalue weighted by Gasteiger charge is -2.24. The number of ether oxygens (including phenoxy) is 1. The third-order valence-electron chi connectivity index (χ3n) is 4.20. The van der Waals surface area contributed by atoms with Gasteiger partial charge in [0.2, 0.25) is 0 Å². The van der Waals surface area contributed by atoms with Gasteiger partial charge in [-0.2, -0.15) is 0 Å². The van der Waals surface area contributed by atoms with Crippen molar-refractivity contribution in [2.45, 2.75) is 31.0 Å². The van der Waals surface area contributed by atoms with E-state index >= 15 is 4.39 Å². The number of H-pyrrole nitrogens is 1. The van der Waals surface area contributed by atoms with Gasteiger partial charge in [-0.25, -0.2) is 9.18 Å². The molecule has 1 aromatic heterocycles. The van der Waals surface area contributed by atoms with Crippen LogP contribution in [-0.2, 0) is 9.26 Å². The average Bonchev–Trinajstić information content (AvgIpc) is 2.84. The summed E-state index contributed by atoms with van der Waals surface area (Å²) in [7, 11) is -1.96. The fraction of sp³-hybridized carbons (Fsp3) is 0.353. The minimum Gasteiger partial charge on any atom is -0.455 e. The first-order valence-corrected chi connectivity index (χ1v) is 9.70. The first-order valence-electron chi connectivity index (χ1n) is 8.17. The molecule has 1 aliphatic heterocycles. The fourth-order valence-corrected chi connectivity index (χ4v) is 3.60. The van der Waals surface area contributed by atoms with Gasteiger partial charge in [-0.3, -0.25) is 14.3 Å². The quantitative estimate of drug-likeness (QED) is 0.707. The monoisotopic (exact) mass is 398 g/mol. The maximum atomic E-state index is 15.0. The number of benzene rings is 1. The van der Waals surface area contributed by atoms with Crippen LogP contribution in [0.1, 0.15) is 13.2 Å². The highest BCUT2D eigenvalue weighted by Crippen LogP contribution is 2.41. The van der Waals surface area contributed by atoms with E-state index in [2.05, 4.69) is 6.30 Å². The maximum absolute atomic E-state index is 15.0. The highest BCUT2D eigenvalue weighted by molar-refractivity contribution is 7.46. The van der Waals surface area contributed by atoms with E-state index in [0.717, 1.165) is 23.8 Å². The summed E-state index contributed by atoms with van der Waals surface area (Å²) >= 11 is 0. The minimum atomic E-state index is -2.27. The van der Waals surface area contributed by atoms with Crippen molar-refractivity contribution >= 4 is 14.3 Å². The Labute approximate surface area is 154 Å². The number of aliphatic hydroxyl groups excluding tert-OH is 1. The normalized spacial score (nSPS) is 28.8. The summed E-state index contributed by atoms with van der Waals surface area (Å²) in [6.45, 7) is 0.955. The van der Waals surface area contributed by atoms with E-state index in [9.17, 15) is 14.7 Å². The molecule has 146 valence electrons. The molecule has 1 aromatic carbocycles. The Hall–Kier alpha value is -2.19. The van der Waals surface area contributed by atoms with Gasteiger partial charge in [-0.05, 0) is 25.4 Å². The lowest BCUT2D eigenvalue weighted by molar-refractivity contribution is -0.0581. The number of alkyl halides is 1. The first-order chi connectivity index (χ1) is 12.8. The SMILES string of the molecule is C=[PH](OCC1OC(n2ccc(=O)[nH]c2=O)[C@](C)(F)[C@@H]1O)Oc1ccccc1. The molecule has 2 N–H and O–H groups in total. The molecule has 2 aromatic rings. The molecule has 0 aliphatic carbocycles. The Morgan fingerprint density at radius 1 is 1.37 bits per heavy atom. The molecule has 3 rings (SSSR count). The molecule has 3 unspecified atom stereocenters. The summed E-state index contributed by atoms with van der Waals surface area (Å²) in [6, 6.07) is 10.0. The zero-order valence-electron chi connectivity index (χ0n) is 14.5. The van der Waals surface area contributed by atoms with Crippen LogP contribution in [-0.4, -0.2) is 45.4 Å². The highest BCUT2D eigenvalue weighted by atomic mass is 31.1. The van der Waals surface area contributed by atoms with E-state index in [1.807, 2.05) is 11.1 Å². The lowest BCUT2D eigenvalue weighted by atomic mass is 9.98. The van der Waals surface area contributed by atoms with Gasteiger partial charge in [0.25, 0.3) is 5.56 Å². The predicted molar refractivity (Wildman–Crippen MR) is 99.2 cm³/mol. The molecule has 0 radical (unpaired) electrons. The van der Waals surface area contributed by atoms with Crippen LogP contribution >= 0.6 is 8.00 Å². The number of para-hydroxylation sites is 1. The van der Waals surface area contributed by atoms with E-state index in [1.54, 1.807) is 24.3 Å². The summed E-state index contributed by atoms with van der Waals surface area (Å²) in [5.41, 5.74) is -3.72. The smallest absolute Gasteiger partial charge is 0.330 e. The Balaban J connectivity index is 1.68. The van der Waals surface area contributed by atoms with E-state index in [1.165, 1.54) is 0 Å². The minimum absolute atomic E-state index is 0.167. The number of nitrogens with zero attached hydrogens (tertiary/aromatic N) is 1. The predicted octanol–water partition coefficient (Wildman–Crippen LogP) is 1.09. The highest BCUT2D eigenvalue weighted by Gasteiger charge is 2.55. The van der Waals surface area contributed by atoms with Crippen molar-refractivity contribution in [2.24, 2.45) is 0 Å². The van der Waals surface area contributed by atoms with Gasteiger partial charge in [0, 0.05) is 12.3 Å². The van der Waals surface area contributed by atoms with E-state index < -0.39 is 43.4 Å². The zero-order valence-corrected chi connectivity index (χ0v) is 15.5. The van der Waals surface area contributed by atoms with Gasteiger partial charge in [-0.15, -0.1) is 0 Å². The number of aliphatic hydroxyl groups is 1. The van der Waals surface area contributed by atoms with Crippen molar-refractivity contribution in [3.8, 4) is 5.75 Å². The summed E-state index contributed by atoms with van der Waals surface area (Å²) in [5, 5.41) is 10.3. The Morgan fingerprint density at radius 3 is 2.74 bits per heavy atom. The fourth-order valence-electron chi connectivity index (χ4n) is 2.79. The third-order valence-corrected chi connectivity index (χ3v) is 5.16. The van der Waals surface area contributed by atoms with Crippen molar-refractivity contribution < 1.29 is 23.3 Å². The number of aromatic nitrogens is 2. The van der Waals surface area contributed by atoms with E-state index in [4.69, 9.17) is 13.8 Å². The van der Waals surface area contributed by atoms with E-state index in [-0.39, 0.29) is 6.61 Å². The van der Waals surface area contributed by atoms with Gasteiger partial charge in [0.1, 0.15) is 18.0 Å². The van der Waals surface area contributed by atoms with Crippen LogP contribution in [0.25, 0.3) is 0 Å². The molecule has 0 spiro atoms. The molecule has 0 amide bonds. The number of hydrogen-bond donors (Lipinski definition) is 2. The molecule has 10 heteroatoms. The van der Waals surface area contributed by atoms with Gasteiger partial charge in [0.05, 0.1) is 6.61 Å². The van der Waals surface area contributed by atoms with Gasteiger partial charge in [-0.1, -0.05) is 18.2 Å². The van der Waals surface area contributed by atoms with Crippen LogP contribution in [0.2, 0.25) is 0 Å². The first kappa shape index (κ1) is 19.6. The second kappa shape index (κ2) is 7.82. The summed E-state index contributed by atoms with van der Waals surface area (Å²) in [4.78, 5) is 25.1. The summed E-state index contributed by atoms with van der Waals surface area (Å²) in [6.07, 6.45) is 0.907. The molecule has 0 saturated carbocycles. The van der Waals surface area contributed by atoms with Crippen LogP contribution in [0.5, 0.6) is 5.75 Å². The van der Waals surface area contributed by atoms with Crippen molar-refractivity contribution in [2.75, 3.05) is 6.61 Å². The van der Waals surface area contributed by atoms with Crippen molar-refractivity contribution in [1.29, 1.82) is 0 Å². The van der Waals surface area contributed by atoms with E-state index in [0.29, 0.717) is 5.75 Å². The molecule has 1 saturated heterocycles.